The Morgan fingerprint density at radius 1 is 1.06 bits per heavy atom. The molecule has 0 atom stereocenters. The number of nitrogens with one attached hydrogen (secondary N) is 1. The van der Waals surface area contributed by atoms with Crippen molar-refractivity contribution in [2.75, 3.05) is 0 Å². The average molecular weight is 520 g/mol. The molecule has 0 bridgehead atoms. The SMILES string of the molecule is Cl.Cn1nc(C(C)(C)C)c(Cl)c1-c1nc2c(Cl)cc(-c3ccccc3OC(F)(F)F)cc2[nH]1. The number of aromatic nitrogens is 4. The lowest BCUT2D eigenvalue weighted by Gasteiger charge is -2.15. The number of ether oxygens (including phenoxy) is 1. The number of alkyl halides is 3. The minimum Gasteiger partial charge on any atom is -0.405 e. The van der Waals surface area contributed by atoms with Gasteiger partial charge in [-0.05, 0) is 23.8 Å². The quantitative estimate of drug-likeness (QED) is 0.304. The molecule has 0 aliphatic heterocycles. The fourth-order valence-corrected chi connectivity index (χ4v) is 4.29. The number of hydrogen-bond donors (Lipinski definition) is 1. The predicted molar refractivity (Wildman–Crippen MR) is 126 cm³/mol. The molecule has 33 heavy (non-hydrogen) atoms. The molecule has 176 valence electrons. The molecular formula is C22H20Cl3F3N4O. The lowest BCUT2D eigenvalue weighted by Crippen LogP contribution is -2.17. The smallest absolute Gasteiger partial charge is 0.405 e. The molecule has 2 heterocycles. The Balaban J connectivity index is 0.00000306. The van der Waals surface area contributed by atoms with E-state index in [-0.39, 0.29) is 34.2 Å². The molecule has 0 aliphatic carbocycles. The van der Waals surface area contributed by atoms with Gasteiger partial charge in [0.2, 0.25) is 0 Å². The number of aryl methyl sites for hydroxylation is 1. The Morgan fingerprint density at radius 3 is 2.33 bits per heavy atom. The molecular weight excluding hydrogens is 500 g/mol. The van der Waals surface area contributed by atoms with Crippen molar-refractivity contribution < 1.29 is 17.9 Å². The van der Waals surface area contributed by atoms with Gasteiger partial charge in [-0.1, -0.05) is 62.2 Å². The highest BCUT2D eigenvalue weighted by Gasteiger charge is 2.32. The number of benzene rings is 2. The maximum Gasteiger partial charge on any atom is 0.573 e. The van der Waals surface area contributed by atoms with Gasteiger partial charge in [-0.2, -0.15) is 5.10 Å². The third-order valence-electron chi connectivity index (χ3n) is 4.89. The van der Waals surface area contributed by atoms with Crippen molar-refractivity contribution in [3.8, 4) is 28.4 Å². The zero-order valence-corrected chi connectivity index (χ0v) is 20.3. The second kappa shape index (κ2) is 8.74. The van der Waals surface area contributed by atoms with E-state index in [1.807, 2.05) is 20.8 Å². The first-order chi connectivity index (χ1) is 14.8. The lowest BCUT2D eigenvalue weighted by molar-refractivity contribution is -0.274. The van der Waals surface area contributed by atoms with Gasteiger partial charge >= 0.3 is 6.36 Å². The number of rotatable bonds is 3. The number of para-hydroxylation sites is 1. The number of imidazole rings is 1. The van der Waals surface area contributed by atoms with Crippen molar-refractivity contribution in [2.24, 2.45) is 7.05 Å². The molecule has 0 fully saturated rings. The van der Waals surface area contributed by atoms with Crippen molar-refractivity contribution in [3.05, 3.63) is 52.1 Å². The zero-order valence-electron chi connectivity index (χ0n) is 18.0. The van der Waals surface area contributed by atoms with Gasteiger partial charge in [0.05, 0.1) is 21.3 Å². The van der Waals surface area contributed by atoms with E-state index in [0.29, 0.717) is 33.1 Å². The molecule has 0 saturated carbocycles. The molecule has 2 aromatic heterocycles. The molecule has 0 saturated heterocycles. The highest BCUT2D eigenvalue weighted by atomic mass is 35.5. The van der Waals surface area contributed by atoms with E-state index in [4.69, 9.17) is 23.2 Å². The van der Waals surface area contributed by atoms with E-state index in [9.17, 15) is 13.2 Å². The number of nitrogens with zero attached hydrogens (tertiary/aromatic N) is 3. The molecule has 11 heteroatoms. The molecule has 0 aliphatic rings. The van der Waals surface area contributed by atoms with Crippen LogP contribution in [0.5, 0.6) is 5.75 Å². The lowest BCUT2D eigenvalue weighted by atomic mass is 9.92. The van der Waals surface area contributed by atoms with Crippen LogP contribution >= 0.6 is 35.6 Å². The summed E-state index contributed by atoms with van der Waals surface area (Å²) >= 11 is 13.1. The topological polar surface area (TPSA) is 55.7 Å². The van der Waals surface area contributed by atoms with E-state index in [2.05, 4.69) is 19.8 Å². The largest absolute Gasteiger partial charge is 0.573 e. The molecule has 0 spiro atoms. The third kappa shape index (κ3) is 4.93. The first-order valence-corrected chi connectivity index (χ1v) is 10.4. The fourth-order valence-electron chi connectivity index (χ4n) is 3.50. The summed E-state index contributed by atoms with van der Waals surface area (Å²) in [5.74, 6) is 0.133. The summed E-state index contributed by atoms with van der Waals surface area (Å²) < 4.78 is 44.3. The molecule has 0 unspecified atom stereocenters. The Labute approximate surface area is 204 Å². The number of halogens is 6. The van der Waals surface area contributed by atoms with Crippen LogP contribution in [0.3, 0.4) is 0 Å². The molecule has 0 radical (unpaired) electrons. The summed E-state index contributed by atoms with van der Waals surface area (Å²) in [6.07, 6.45) is -4.81. The van der Waals surface area contributed by atoms with Crippen LogP contribution in [0.25, 0.3) is 33.7 Å². The van der Waals surface area contributed by atoms with Gasteiger partial charge in [0.25, 0.3) is 0 Å². The number of aromatic amines is 1. The van der Waals surface area contributed by atoms with Crippen LogP contribution in [0, 0.1) is 0 Å². The van der Waals surface area contributed by atoms with Crippen molar-refractivity contribution in [1.82, 2.24) is 19.7 Å². The Kier molecular flexibility index (Phi) is 6.68. The molecule has 1 N–H and O–H groups in total. The Hall–Kier alpha value is -2.42. The minimum atomic E-state index is -4.81. The van der Waals surface area contributed by atoms with E-state index >= 15 is 0 Å². The van der Waals surface area contributed by atoms with Crippen molar-refractivity contribution >= 4 is 46.6 Å². The molecule has 0 amide bonds. The molecule has 2 aromatic carbocycles. The van der Waals surface area contributed by atoms with Gasteiger partial charge in [-0.3, -0.25) is 4.68 Å². The summed E-state index contributed by atoms with van der Waals surface area (Å²) in [4.78, 5) is 7.75. The van der Waals surface area contributed by atoms with Crippen LogP contribution in [-0.4, -0.2) is 26.1 Å². The maximum atomic E-state index is 12.8. The van der Waals surface area contributed by atoms with Gasteiger partial charge in [0.1, 0.15) is 17.0 Å². The first kappa shape index (κ1) is 25.2. The van der Waals surface area contributed by atoms with E-state index in [1.54, 1.807) is 29.9 Å². The second-order valence-electron chi connectivity index (χ2n) is 8.37. The van der Waals surface area contributed by atoms with Gasteiger partial charge in [-0.15, -0.1) is 25.6 Å². The van der Waals surface area contributed by atoms with E-state index < -0.39 is 6.36 Å². The molecule has 5 nitrogen and oxygen atoms in total. The Morgan fingerprint density at radius 2 is 1.73 bits per heavy atom. The van der Waals surface area contributed by atoms with Crippen LogP contribution in [0.1, 0.15) is 26.5 Å². The van der Waals surface area contributed by atoms with Crippen LogP contribution in [0.2, 0.25) is 10.0 Å². The van der Waals surface area contributed by atoms with Gasteiger partial charge in [0, 0.05) is 18.0 Å². The van der Waals surface area contributed by atoms with Gasteiger partial charge in [-0.25, -0.2) is 4.98 Å². The standard InChI is InChI=1S/C22H19Cl2F3N4O.ClH/c1-21(2,3)19-16(24)18(31(4)30-19)20-28-14-10-11(9-13(23)17(14)29-20)12-7-5-6-8-15(12)32-22(25,26)27;/h5-10H,1-4H3,(H,28,29);1H. The molecule has 4 aromatic rings. The zero-order chi connectivity index (χ0) is 23.4. The second-order valence-corrected chi connectivity index (χ2v) is 9.15. The molecule has 4 rings (SSSR count). The van der Waals surface area contributed by atoms with Crippen LogP contribution in [0.15, 0.2) is 36.4 Å². The van der Waals surface area contributed by atoms with Crippen molar-refractivity contribution in [3.63, 3.8) is 0 Å². The summed E-state index contributed by atoms with van der Waals surface area (Å²) in [6.45, 7) is 6.02. The van der Waals surface area contributed by atoms with E-state index in [0.717, 1.165) is 5.69 Å². The van der Waals surface area contributed by atoms with Gasteiger partial charge in [0.15, 0.2) is 5.82 Å². The van der Waals surface area contributed by atoms with Crippen LogP contribution in [-0.2, 0) is 12.5 Å². The monoisotopic (exact) mass is 518 g/mol. The number of H-pyrrole nitrogens is 1. The van der Waals surface area contributed by atoms with E-state index in [1.165, 1.54) is 18.2 Å². The maximum absolute atomic E-state index is 12.8. The summed E-state index contributed by atoms with van der Waals surface area (Å²) in [5, 5.41) is 5.28. The van der Waals surface area contributed by atoms with Crippen LogP contribution < -0.4 is 4.74 Å². The highest BCUT2D eigenvalue weighted by molar-refractivity contribution is 6.35. The van der Waals surface area contributed by atoms with Crippen LogP contribution in [0.4, 0.5) is 13.2 Å². The van der Waals surface area contributed by atoms with Gasteiger partial charge < -0.3 is 9.72 Å². The van der Waals surface area contributed by atoms with Crippen molar-refractivity contribution in [2.45, 2.75) is 32.5 Å². The first-order valence-electron chi connectivity index (χ1n) is 9.63. The average Bonchev–Trinajstić information content (AvgIpc) is 3.21. The summed E-state index contributed by atoms with van der Waals surface area (Å²) in [7, 11) is 1.77. The van der Waals surface area contributed by atoms with Crippen molar-refractivity contribution in [1.29, 1.82) is 0 Å². The fraction of sp³-hybridized carbons (Fsp3) is 0.273. The normalized spacial score (nSPS) is 12.2. The Bertz CT molecular complexity index is 1320. The predicted octanol–water partition coefficient (Wildman–Crippen LogP) is 7.56. The minimum absolute atomic E-state index is 0. The summed E-state index contributed by atoms with van der Waals surface area (Å²) in [5.41, 5.74) is 2.75. The summed E-state index contributed by atoms with van der Waals surface area (Å²) in [6, 6.07) is 9.10. The number of hydrogen-bond acceptors (Lipinski definition) is 3. The highest BCUT2D eigenvalue weighted by Crippen LogP contribution is 2.39. The number of fused-ring (bicyclic) bond motifs is 1. The third-order valence-corrected chi connectivity index (χ3v) is 5.53.